The van der Waals surface area contributed by atoms with E-state index in [4.69, 9.17) is 0 Å². The summed E-state index contributed by atoms with van der Waals surface area (Å²) in [6.07, 6.45) is -1.15. The second-order valence-corrected chi connectivity index (χ2v) is 3.63. The summed E-state index contributed by atoms with van der Waals surface area (Å²) >= 11 is 1.35. The number of rotatable bonds is 1. The lowest BCUT2D eigenvalue weighted by molar-refractivity contribution is -0.141. The first-order valence-corrected chi connectivity index (χ1v) is 5.21. The normalized spacial score (nSPS) is 12.3. The van der Waals surface area contributed by atoms with E-state index in [0.717, 1.165) is 10.6 Å². The highest BCUT2D eigenvalue weighted by atomic mass is 32.2. The molecule has 0 aliphatic rings. The molecule has 3 nitrogen and oxygen atoms in total. The number of halogens is 3. The zero-order valence-electron chi connectivity index (χ0n) is 7.62. The molecule has 2 rings (SSSR count). The van der Waals surface area contributed by atoms with Gasteiger partial charge in [-0.1, -0.05) is 0 Å². The van der Waals surface area contributed by atoms with Crippen molar-refractivity contribution in [2.24, 2.45) is 0 Å². The first-order chi connectivity index (χ1) is 7.00. The molecule has 0 aliphatic carbocycles. The van der Waals surface area contributed by atoms with Crippen LogP contribution in [0.4, 0.5) is 13.2 Å². The lowest BCUT2D eigenvalue weighted by atomic mass is 10.4. The Morgan fingerprint density at radius 2 is 2.07 bits per heavy atom. The highest BCUT2D eigenvalue weighted by molar-refractivity contribution is 7.98. The first kappa shape index (κ1) is 10.3. The van der Waals surface area contributed by atoms with Crippen molar-refractivity contribution >= 4 is 17.4 Å². The first-order valence-electron chi connectivity index (χ1n) is 3.98. The molecule has 0 saturated carbocycles. The SMILES string of the molecule is CSc1cn2nc(C(F)(F)F)ccc2n1. The number of alkyl halides is 3. The van der Waals surface area contributed by atoms with Crippen molar-refractivity contribution in [2.45, 2.75) is 11.2 Å². The molecule has 7 heteroatoms. The fourth-order valence-corrected chi connectivity index (χ4v) is 1.50. The van der Waals surface area contributed by atoms with Gasteiger partial charge < -0.3 is 0 Å². The summed E-state index contributed by atoms with van der Waals surface area (Å²) in [6.45, 7) is 0. The molecule has 0 saturated heterocycles. The second-order valence-electron chi connectivity index (χ2n) is 2.80. The van der Waals surface area contributed by atoms with E-state index < -0.39 is 11.9 Å². The average Bonchev–Trinajstić information content (AvgIpc) is 2.57. The number of hydrogen-bond acceptors (Lipinski definition) is 3. The minimum absolute atomic E-state index is 0.410. The van der Waals surface area contributed by atoms with Crippen molar-refractivity contribution in [1.82, 2.24) is 14.6 Å². The van der Waals surface area contributed by atoms with E-state index >= 15 is 0 Å². The van der Waals surface area contributed by atoms with Crippen LogP contribution in [0.3, 0.4) is 0 Å². The molecule has 2 heterocycles. The summed E-state index contributed by atoms with van der Waals surface area (Å²) in [5.41, 5.74) is -0.507. The summed E-state index contributed by atoms with van der Waals surface area (Å²) in [5, 5.41) is 4.07. The van der Waals surface area contributed by atoms with Crippen LogP contribution in [0.25, 0.3) is 5.65 Å². The van der Waals surface area contributed by atoms with Crippen molar-refractivity contribution in [3.63, 3.8) is 0 Å². The number of imidazole rings is 1. The molecule has 0 radical (unpaired) electrons. The van der Waals surface area contributed by atoms with E-state index in [0.29, 0.717) is 10.7 Å². The summed E-state index contributed by atoms with van der Waals surface area (Å²) in [6, 6.07) is 2.22. The van der Waals surface area contributed by atoms with E-state index in [1.807, 2.05) is 0 Å². The van der Waals surface area contributed by atoms with Gasteiger partial charge in [0.2, 0.25) is 0 Å². The summed E-state index contributed by atoms with van der Waals surface area (Å²) in [4.78, 5) is 4.05. The molecule has 0 bridgehead atoms. The minimum Gasteiger partial charge on any atom is -0.221 e. The van der Waals surface area contributed by atoms with Gasteiger partial charge in [-0.3, -0.25) is 0 Å². The Bertz CT molecular complexity index is 491. The molecular formula is C8H6F3N3S. The third-order valence-corrected chi connectivity index (χ3v) is 2.41. The maximum atomic E-state index is 12.3. The third kappa shape index (κ3) is 1.92. The number of thioether (sulfide) groups is 1. The lowest BCUT2D eigenvalue weighted by Crippen LogP contribution is -2.10. The smallest absolute Gasteiger partial charge is 0.221 e. The summed E-state index contributed by atoms with van der Waals surface area (Å²) in [5.74, 6) is 0. The van der Waals surface area contributed by atoms with Gasteiger partial charge >= 0.3 is 6.18 Å². The van der Waals surface area contributed by atoms with Gasteiger partial charge in [0.05, 0.1) is 6.20 Å². The highest BCUT2D eigenvalue weighted by Gasteiger charge is 2.33. The largest absolute Gasteiger partial charge is 0.435 e. The predicted octanol–water partition coefficient (Wildman–Crippen LogP) is 2.47. The van der Waals surface area contributed by atoms with Gasteiger partial charge in [-0.05, 0) is 18.4 Å². The van der Waals surface area contributed by atoms with Gasteiger partial charge in [0, 0.05) is 0 Å². The molecule has 0 aliphatic heterocycles. The van der Waals surface area contributed by atoms with Gasteiger partial charge in [-0.2, -0.15) is 18.3 Å². The monoisotopic (exact) mass is 233 g/mol. The van der Waals surface area contributed by atoms with E-state index in [1.54, 1.807) is 6.26 Å². The van der Waals surface area contributed by atoms with Crippen molar-refractivity contribution in [3.8, 4) is 0 Å². The zero-order chi connectivity index (χ0) is 11.1. The highest BCUT2D eigenvalue weighted by Crippen LogP contribution is 2.27. The van der Waals surface area contributed by atoms with Gasteiger partial charge in [0.1, 0.15) is 5.03 Å². The van der Waals surface area contributed by atoms with E-state index in [1.165, 1.54) is 24.0 Å². The van der Waals surface area contributed by atoms with Gasteiger partial charge in [0.15, 0.2) is 11.3 Å². The standard InChI is InChI=1S/C8H6F3N3S/c1-15-7-4-14-6(12-7)3-2-5(13-14)8(9,10)11/h2-4H,1H3. The fourth-order valence-electron chi connectivity index (χ4n) is 1.11. The Hall–Kier alpha value is -1.24. The van der Waals surface area contributed by atoms with E-state index in [-0.39, 0.29) is 0 Å². The molecule has 0 atom stereocenters. The molecule has 15 heavy (non-hydrogen) atoms. The molecule has 2 aromatic heterocycles. The maximum Gasteiger partial charge on any atom is 0.435 e. The molecule has 2 aromatic rings. The van der Waals surface area contributed by atoms with Crippen LogP contribution >= 0.6 is 11.8 Å². The number of nitrogens with zero attached hydrogens (tertiary/aromatic N) is 3. The third-order valence-electron chi connectivity index (χ3n) is 1.80. The van der Waals surface area contributed by atoms with Crippen LogP contribution in [0.1, 0.15) is 5.69 Å². The summed E-state index contributed by atoms with van der Waals surface area (Å²) in [7, 11) is 0. The molecule has 0 fully saturated rings. The van der Waals surface area contributed by atoms with E-state index in [2.05, 4.69) is 10.1 Å². The Kier molecular flexibility index (Phi) is 2.34. The van der Waals surface area contributed by atoms with Crippen LogP contribution in [0.5, 0.6) is 0 Å². The quantitative estimate of drug-likeness (QED) is 0.709. The van der Waals surface area contributed by atoms with Crippen LogP contribution in [0, 0.1) is 0 Å². The zero-order valence-corrected chi connectivity index (χ0v) is 8.43. The minimum atomic E-state index is -4.42. The van der Waals surface area contributed by atoms with Crippen LogP contribution < -0.4 is 0 Å². The van der Waals surface area contributed by atoms with Crippen molar-refractivity contribution in [3.05, 3.63) is 24.0 Å². The van der Waals surface area contributed by atoms with Crippen molar-refractivity contribution in [2.75, 3.05) is 6.26 Å². The van der Waals surface area contributed by atoms with Crippen LogP contribution in [-0.4, -0.2) is 20.9 Å². The van der Waals surface area contributed by atoms with E-state index in [9.17, 15) is 13.2 Å². The van der Waals surface area contributed by atoms with Gasteiger partial charge in [-0.15, -0.1) is 11.8 Å². The molecule has 0 spiro atoms. The van der Waals surface area contributed by atoms with Crippen LogP contribution in [0.15, 0.2) is 23.4 Å². The molecule has 0 amide bonds. The van der Waals surface area contributed by atoms with Gasteiger partial charge in [0.25, 0.3) is 0 Å². The maximum absolute atomic E-state index is 12.3. The number of hydrogen-bond donors (Lipinski definition) is 0. The topological polar surface area (TPSA) is 30.2 Å². The Balaban J connectivity index is 2.55. The lowest BCUT2D eigenvalue weighted by Gasteiger charge is -2.04. The van der Waals surface area contributed by atoms with Crippen molar-refractivity contribution < 1.29 is 13.2 Å². The predicted molar refractivity (Wildman–Crippen MR) is 49.8 cm³/mol. The number of aromatic nitrogens is 3. The Labute approximate surface area is 87.3 Å². The molecule has 0 aromatic carbocycles. The Morgan fingerprint density at radius 1 is 1.33 bits per heavy atom. The van der Waals surface area contributed by atoms with Crippen molar-refractivity contribution in [1.29, 1.82) is 0 Å². The molecule has 0 unspecified atom stereocenters. The molecule has 80 valence electrons. The van der Waals surface area contributed by atoms with Crippen LogP contribution in [0.2, 0.25) is 0 Å². The number of fused-ring (bicyclic) bond motifs is 1. The fraction of sp³-hybridized carbons (Fsp3) is 0.250. The second kappa shape index (κ2) is 3.41. The van der Waals surface area contributed by atoms with Crippen LogP contribution in [-0.2, 0) is 6.18 Å². The molecule has 0 N–H and O–H groups in total. The van der Waals surface area contributed by atoms with Gasteiger partial charge in [-0.25, -0.2) is 9.50 Å². The molecular weight excluding hydrogens is 227 g/mol. The average molecular weight is 233 g/mol. The Morgan fingerprint density at radius 3 is 2.67 bits per heavy atom. The summed E-state index contributed by atoms with van der Waals surface area (Å²) < 4.78 is 38.0.